The van der Waals surface area contributed by atoms with Crippen molar-refractivity contribution < 1.29 is 160 Å². The summed E-state index contributed by atoms with van der Waals surface area (Å²) in [7, 11) is 0. The standard InChI is InChI=1S/C28H10F31N3O5/c1-7-9(60-4-63)3-10(61-5-64)12(11(7)13(66)62-6-67-8(2)65)14(29,30)15(31,32)16(33,34)17(35,36)18(37,38)19(39,40)20(41,42)21(43,44)22(45,46)23(47,48)24(49,50)25(51,52)26(53,54)27(55,56)28(57,58)59/h3H,6H2,1-2H3,(H,62,66). The molecule has 1 N–H and O–H groups in total. The van der Waals surface area contributed by atoms with Gasteiger partial charge in [0, 0.05) is 6.92 Å². The zero-order valence-electron chi connectivity index (χ0n) is 30.4. The molecule has 8 nitrogen and oxygen atoms in total. The van der Waals surface area contributed by atoms with Gasteiger partial charge in [-0.25, -0.2) is 9.59 Å². The Morgan fingerprint density at radius 2 is 0.746 bits per heavy atom. The number of hydrogen-bond acceptors (Lipinski definition) is 7. The minimum Gasteiger partial charge on any atom is -0.445 e. The van der Waals surface area contributed by atoms with Crippen molar-refractivity contribution in [1.29, 1.82) is 0 Å². The number of amides is 1. The Morgan fingerprint density at radius 3 is 1.01 bits per heavy atom. The van der Waals surface area contributed by atoms with Gasteiger partial charge in [0.15, 0.2) is 6.73 Å². The highest BCUT2D eigenvalue weighted by molar-refractivity contribution is 6.00. The molecule has 0 saturated heterocycles. The van der Waals surface area contributed by atoms with Crippen LogP contribution in [0.1, 0.15) is 28.4 Å². The molecule has 0 bridgehead atoms. The molecule has 0 radical (unpaired) electrons. The maximum Gasteiger partial charge on any atom is 0.460 e. The first kappa shape index (κ1) is 59.8. The smallest absolute Gasteiger partial charge is 0.445 e. The summed E-state index contributed by atoms with van der Waals surface area (Å²) in [6.45, 7) is -1.08. The number of rotatable bonds is 19. The van der Waals surface area contributed by atoms with E-state index < -0.39 is 142 Å². The average Bonchev–Trinajstić information content (AvgIpc) is 3.14. The predicted octanol–water partition coefficient (Wildman–Crippen LogP) is 11.1. The predicted molar refractivity (Wildman–Crippen MR) is 145 cm³/mol. The van der Waals surface area contributed by atoms with Gasteiger partial charge in [-0.3, -0.25) is 9.59 Å². The van der Waals surface area contributed by atoms with Crippen LogP contribution in [-0.4, -0.2) is 114 Å². The summed E-state index contributed by atoms with van der Waals surface area (Å²) in [5.74, 6) is -139. The van der Waals surface area contributed by atoms with Crippen LogP contribution in [0.15, 0.2) is 16.1 Å². The number of carbonyl (C=O) groups excluding carboxylic acids is 4. The van der Waals surface area contributed by atoms with E-state index in [0.717, 1.165) is 5.32 Å². The molecule has 0 atom stereocenters. The highest BCUT2D eigenvalue weighted by atomic mass is 19.4. The van der Waals surface area contributed by atoms with Gasteiger partial charge in [0.1, 0.15) is 0 Å². The molecule has 0 spiro atoms. The van der Waals surface area contributed by atoms with Crippen molar-refractivity contribution in [2.24, 2.45) is 9.98 Å². The van der Waals surface area contributed by atoms with Crippen molar-refractivity contribution in [2.45, 2.75) is 103 Å². The summed E-state index contributed by atoms with van der Waals surface area (Å²) < 4.78 is 441. The van der Waals surface area contributed by atoms with Crippen molar-refractivity contribution in [2.75, 3.05) is 6.73 Å². The summed E-state index contributed by atoms with van der Waals surface area (Å²) in [5, 5.41) is 1.11. The largest absolute Gasteiger partial charge is 0.460 e. The van der Waals surface area contributed by atoms with E-state index >= 15 is 17.6 Å². The lowest BCUT2D eigenvalue weighted by Gasteiger charge is -2.46. The molecule has 0 aromatic heterocycles. The van der Waals surface area contributed by atoms with Crippen LogP contribution in [-0.2, 0) is 25.0 Å². The summed E-state index contributed by atoms with van der Waals surface area (Å²) in [5.41, 5.74) is -11.8. The zero-order chi connectivity index (χ0) is 54.2. The zero-order valence-corrected chi connectivity index (χ0v) is 30.4. The molecule has 0 aliphatic carbocycles. The van der Waals surface area contributed by atoms with Crippen LogP contribution in [0.3, 0.4) is 0 Å². The van der Waals surface area contributed by atoms with Crippen LogP contribution < -0.4 is 5.32 Å². The molecule has 39 heteroatoms. The number of carbonyl (C=O) groups is 2. The minimum atomic E-state index is -10.3. The molecule has 0 heterocycles. The molecule has 1 amide bonds. The second-order valence-corrected chi connectivity index (χ2v) is 12.5. The highest BCUT2D eigenvalue weighted by Gasteiger charge is 3.01. The molecule has 1 aromatic carbocycles. The quantitative estimate of drug-likeness (QED) is 0.0487. The first-order valence-electron chi connectivity index (χ1n) is 15.2. The van der Waals surface area contributed by atoms with Crippen LogP contribution >= 0.6 is 0 Å². The normalized spacial score (nSPS) is 15.1. The van der Waals surface area contributed by atoms with Gasteiger partial charge in [0.2, 0.25) is 12.2 Å². The average molecular weight is 1060 g/mol. The summed E-state index contributed by atoms with van der Waals surface area (Å²) >= 11 is 0. The van der Waals surface area contributed by atoms with Crippen molar-refractivity contribution in [1.82, 2.24) is 5.32 Å². The Balaban J connectivity index is 4.33. The number of nitrogens with zero attached hydrogens (tertiary/aromatic N) is 2. The maximum atomic E-state index is 15.6. The van der Waals surface area contributed by atoms with Crippen LogP contribution in [0, 0.1) is 6.92 Å². The number of halogens is 31. The first-order chi connectivity index (χ1) is 29.1. The van der Waals surface area contributed by atoms with Gasteiger partial charge in [-0.05, 0) is 18.6 Å². The van der Waals surface area contributed by atoms with E-state index in [0.29, 0.717) is 13.0 Å². The molecular formula is C28H10F31N3O5. The summed E-state index contributed by atoms with van der Waals surface area (Å²) in [6, 6.07) is -0.507. The number of aliphatic imine (C=N–C) groups is 2. The van der Waals surface area contributed by atoms with Crippen molar-refractivity contribution in [3.63, 3.8) is 0 Å². The number of isocyanates is 2. The van der Waals surface area contributed by atoms with Crippen molar-refractivity contribution in [3.8, 4) is 0 Å². The Bertz CT molecular complexity index is 2190. The van der Waals surface area contributed by atoms with E-state index in [9.17, 15) is 138 Å². The van der Waals surface area contributed by atoms with Gasteiger partial charge in [0.05, 0.1) is 22.5 Å². The van der Waals surface area contributed by atoms with E-state index in [1.807, 2.05) is 0 Å². The van der Waals surface area contributed by atoms with E-state index in [2.05, 4.69) is 14.7 Å². The number of ether oxygens (including phenoxy) is 1. The number of benzene rings is 1. The maximum absolute atomic E-state index is 15.6. The fourth-order valence-corrected chi connectivity index (χ4v) is 4.65. The molecule has 67 heavy (non-hydrogen) atoms. The SMILES string of the molecule is CC(=O)OCNC(=O)c1c(C)c(N=C=O)cc(N=C=O)c1C(F)(F)C(F)(F)C(F)(F)C(F)(F)C(F)(F)C(F)(F)C(F)(F)C(F)(F)C(F)(F)C(F)(F)C(F)(F)C(F)(F)C(F)(F)C(F)(F)C(F)(F)F. The molecule has 0 saturated carbocycles. The lowest BCUT2D eigenvalue weighted by molar-refractivity contribution is -0.489. The third-order valence-electron chi connectivity index (χ3n) is 8.40. The van der Waals surface area contributed by atoms with E-state index in [1.54, 1.807) is 0 Å². The Kier molecular flexibility index (Phi) is 15.0. The Labute approximate surface area is 344 Å². The van der Waals surface area contributed by atoms with Gasteiger partial charge in [0.25, 0.3) is 5.91 Å². The van der Waals surface area contributed by atoms with Gasteiger partial charge in [-0.1, -0.05) is 0 Å². The van der Waals surface area contributed by atoms with E-state index in [4.69, 9.17) is 0 Å². The van der Waals surface area contributed by atoms with Gasteiger partial charge >= 0.3 is 95.1 Å². The van der Waals surface area contributed by atoms with Crippen LogP contribution in [0.25, 0.3) is 0 Å². The van der Waals surface area contributed by atoms with Gasteiger partial charge in [-0.15, -0.1) is 0 Å². The fraction of sp³-hybridized carbons (Fsp3) is 0.643. The highest BCUT2D eigenvalue weighted by Crippen LogP contribution is 2.70. The van der Waals surface area contributed by atoms with Crippen LogP contribution in [0.5, 0.6) is 0 Å². The summed E-state index contributed by atoms with van der Waals surface area (Å²) in [6.07, 6.45) is -7.82. The van der Waals surface area contributed by atoms with Gasteiger partial charge < -0.3 is 10.1 Å². The molecule has 0 unspecified atom stereocenters. The molecule has 1 rings (SSSR count). The fourth-order valence-electron chi connectivity index (χ4n) is 4.65. The Morgan fingerprint density at radius 1 is 0.478 bits per heavy atom. The first-order valence-corrected chi connectivity index (χ1v) is 15.2. The summed E-state index contributed by atoms with van der Waals surface area (Å²) in [4.78, 5) is 49.9. The number of nitrogens with one attached hydrogen (secondary N) is 1. The molecule has 0 aliphatic rings. The molecule has 384 valence electrons. The second kappa shape index (κ2) is 16.8. The van der Waals surface area contributed by atoms with E-state index in [-0.39, 0.29) is 13.0 Å². The van der Waals surface area contributed by atoms with Crippen molar-refractivity contribution in [3.05, 3.63) is 22.8 Å². The second-order valence-electron chi connectivity index (χ2n) is 12.5. The minimum absolute atomic E-state index is 0.0924. The Hall–Kier alpha value is -5.25. The van der Waals surface area contributed by atoms with Crippen LogP contribution in [0.4, 0.5) is 147 Å². The molecule has 0 aliphatic heterocycles. The third kappa shape index (κ3) is 7.92. The van der Waals surface area contributed by atoms with Crippen molar-refractivity contribution >= 4 is 35.4 Å². The lowest BCUT2D eigenvalue weighted by atomic mass is 9.82. The molecule has 1 aromatic rings. The number of esters is 1. The number of alkyl halides is 31. The molecular weight excluding hydrogens is 1050 g/mol. The monoisotopic (exact) mass is 1060 g/mol. The number of hydrogen-bond donors (Lipinski definition) is 1. The van der Waals surface area contributed by atoms with Gasteiger partial charge in [-0.2, -0.15) is 146 Å². The van der Waals surface area contributed by atoms with E-state index in [1.165, 1.54) is 0 Å². The lowest BCUT2D eigenvalue weighted by Crippen LogP contribution is -2.79. The third-order valence-corrected chi connectivity index (χ3v) is 8.40. The van der Waals surface area contributed by atoms with Crippen LogP contribution in [0.2, 0.25) is 0 Å². The topological polar surface area (TPSA) is 114 Å². The molecule has 0 fully saturated rings.